The largest absolute Gasteiger partial charge is 0.508 e. The average Bonchev–Trinajstić information content (AvgIpc) is 2.95. The first-order chi connectivity index (χ1) is 10.6. The first kappa shape index (κ1) is 15.9. The zero-order valence-electron chi connectivity index (χ0n) is 12.9. The second-order valence-corrected chi connectivity index (χ2v) is 5.27. The van der Waals surface area contributed by atoms with E-state index in [1.807, 2.05) is 4.68 Å². The molecule has 0 aliphatic carbocycles. The van der Waals surface area contributed by atoms with Crippen LogP contribution in [0, 0.1) is 0 Å². The summed E-state index contributed by atoms with van der Waals surface area (Å²) < 4.78 is 1.82. The molecule has 2 amide bonds. The second kappa shape index (κ2) is 7.49. The number of phenolic OH excluding ortho intramolecular Hbond substituents is 1. The van der Waals surface area contributed by atoms with Gasteiger partial charge in [0.05, 0.1) is 12.2 Å². The number of amides is 2. The van der Waals surface area contributed by atoms with Crippen molar-refractivity contribution in [1.82, 2.24) is 15.1 Å². The summed E-state index contributed by atoms with van der Waals surface area (Å²) in [5.41, 5.74) is 0.917. The number of aromatic nitrogens is 2. The molecule has 6 nitrogen and oxygen atoms in total. The molecule has 0 saturated heterocycles. The topological polar surface area (TPSA) is 79.2 Å². The normalized spacial score (nSPS) is 11.9. The molecule has 1 atom stereocenters. The molecular weight excluding hydrogens is 280 g/mol. The van der Waals surface area contributed by atoms with Crippen molar-refractivity contribution < 1.29 is 9.90 Å². The van der Waals surface area contributed by atoms with Crippen LogP contribution in [0.5, 0.6) is 5.75 Å². The molecule has 1 aromatic heterocycles. The molecule has 0 saturated carbocycles. The molecule has 0 radical (unpaired) electrons. The van der Waals surface area contributed by atoms with Crippen molar-refractivity contribution >= 4 is 11.8 Å². The minimum atomic E-state index is -0.279. The number of carbonyl (C=O) groups is 1. The number of anilines is 1. The lowest BCUT2D eigenvalue weighted by molar-refractivity contribution is 0.251. The van der Waals surface area contributed by atoms with Gasteiger partial charge in [0.1, 0.15) is 11.6 Å². The Balaban J connectivity index is 1.89. The molecule has 0 spiro atoms. The summed E-state index contributed by atoms with van der Waals surface area (Å²) in [4.78, 5) is 12.0. The van der Waals surface area contributed by atoms with Gasteiger partial charge < -0.3 is 10.4 Å². The Morgan fingerprint density at radius 1 is 1.32 bits per heavy atom. The van der Waals surface area contributed by atoms with Gasteiger partial charge in [0.2, 0.25) is 0 Å². The van der Waals surface area contributed by atoms with E-state index < -0.39 is 0 Å². The lowest BCUT2D eigenvalue weighted by Gasteiger charge is -2.15. The van der Waals surface area contributed by atoms with Gasteiger partial charge in [-0.25, -0.2) is 9.48 Å². The van der Waals surface area contributed by atoms with Gasteiger partial charge in [-0.2, -0.15) is 5.10 Å². The van der Waals surface area contributed by atoms with E-state index in [0.717, 1.165) is 18.4 Å². The summed E-state index contributed by atoms with van der Waals surface area (Å²) in [5, 5.41) is 19.1. The first-order valence-electron chi connectivity index (χ1n) is 7.46. The summed E-state index contributed by atoms with van der Waals surface area (Å²) in [5.74, 6) is 0.895. The van der Waals surface area contributed by atoms with E-state index in [-0.39, 0.29) is 17.8 Å². The molecule has 0 aliphatic heterocycles. The number of benzene rings is 1. The highest BCUT2D eigenvalue weighted by Gasteiger charge is 2.11. The maximum absolute atomic E-state index is 12.0. The number of hydrogen-bond donors (Lipinski definition) is 3. The summed E-state index contributed by atoms with van der Waals surface area (Å²) in [6, 6.07) is 8.47. The Hall–Kier alpha value is -2.50. The van der Waals surface area contributed by atoms with Gasteiger partial charge in [-0.05, 0) is 31.0 Å². The van der Waals surface area contributed by atoms with Gasteiger partial charge in [0.15, 0.2) is 0 Å². The van der Waals surface area contributed by atoms with Crippen molar-refractivity contribution in [3.63, 3.8) is 0 Å². The van der Waals surface area contributed by atoms with Crippen molar-refractivity contribution in [1.29, 1.82) is 0 Å². The standard InChI is InChI=1S/C16H22N4O2/c1-3-4-12(2)20-15(9-10-18-20)19-16(22)17-11-13-5-7-14(21)8-6-13/h5-10,12,21H,3-4,11H2,1-2H3,(H2,17,19,22). The molecule has 6 heteroatoms. The quantitative estimate of drug-likeness (QED) is 0.766. The van der Waals surface area contributed by atoms with E-state index >= 15 is 0 Å². The van der Waals surface area contributed by atoms with Gasteiger partial charge >= 0.3 is 6.03 Å². The number of hydrogen-bond acceptors (Lipinski definition) is 3. The van der Waals surface area contributed by atoms with Crippen molar-refractivity contribution in [2.75, 3.05) is 5.32 Å². The van der Waals surface area contributed by atoms with Crippen LogP contribution in [0.4, 0.5) is 10.6 Å². The van der Waals surface area contributed by atoms with Crippen LogP contribution in [0.2, 0.25) is 0 Å². The Labute approximate surface area is 130 Å². The second-order valence-electron chi connectivity index (χ2n) is 5.27. The molecule has 1 aromatic carbocycles. The van der Waals surface area contributed by atoms with E-state index in [1.165, 1.54) is 0 Å². The third kappa shape index (κ3) is 4.25. The molecular formula is C16H22N4O2. The molecule has 2 aromatic rings. The first-order valence-corrected chi connectivity index (χ1v) is 7.46. The molecule has 1 unspecified atom stereocenters. The van der Waals surface area contributed by atoms with E-state index in [2.05, 4.69) is 29.6 Å². The van der Waals surface area contributed by atoms with Crippen molar-refractivity contribution in [3.05, 3.63) is 42.1 Å². The SMILES string of the molecule is CCCC(C)n1nccc1NC(=O)NCc1ccc(O)cc1. The predicted molar refractivity (Wildman–Crippen MR) is 85.8 cm³/mol. The fourth-order valence-corrected chi connectivity index (χ4v) is 2.26. The third-order valence-electron chi connectivity index (χ3n) is 3.43. The number of aromatic hydroxyl groups is 1. The maximum atomic E-state index is 12.0. The monoisotopic (exact) mass is 302 g/mol. The molecule has 0 bridgehead atoms. The van der Waals surface area contributed by atoms with E-state index in [9.17, 15) is 9.90 Å². The number of nitrogens with one attached hydrogen (secondary N) is 2. The fraction of sp³-hybridized carbons (Fsp3) is 0.375. The van der Waals surface area contributed by atoms with Crippen LogP contribution < -0.4 is 10.6 Å². The third-order valence-corrected chi connectivity index (χ3v) is 3.43. The zero-order chi connectivity index (χ0) is 15.9. The molecule has 22 heavy (non-hydrogen) atoms. The van der Waals surface area contributed by atoms with Gasteiger partial charge in [-0.3, -0.25) is 5.32 Å². The Morgan fingerprint density at radius 2 is 2.05 bits per heavy atom. The fourth-order valence-electron chi connectivity index (χ4n) is 2.26. The van der Waals surface area contributed by atoms with Crippen LogP contribution in [0.3, 0.4) is 0 Å². The number of urea groups is 1. The molecule has 0 fully saturated rings. The van der Waals surface area contributed by atoms with Crippen molar-refractivity contribution in [2.45, 2.75) is 39.3 Å². The summed E-state index contributed by atoms with van der Waals surface area (Å²) >= 11 is 0. The van der Waals surface area contributed by atoms with Crippen LogP contribution in [-0.2, 0) is 6.54 Å². The minimum Gasteiger partial charge on any atom is -0.508 e. The molecule has 3 N–H and O–H groups in total. The van der Waals surface area contributed by atoms with Crippen LogP contribution in [0.15, 0.2) is 36.5 Å². The highest BCUT2D eigenvalue weighted by molar-refractivity contribution is 5.88. The van der Waals surface area contributed by atoms with E-state index in [4.69, 9.17) is 0 Å². The van der Waals surface area contributed by atoms with Crippen molar-refractivity contribution in [3.8, 4) is 5.75 Å². The molecule has 2 rings (SSSR count). The summed E-state index contributed by atoms with van der Waals surface area (Å²) in [6.07, 6.45) is 3.75. The van der Waals surface area contributed by atoms with E-state index in [1.54, 1.807) is 36.5 Å². The Morgan fingerprint density at radius 3 is 2.73 bits per heavy atom. The average molecular weight is 302 g/mol. The molecule has 118 valence electrons. The van der Waals surface area contributed by atoms with Crippen LogP contribution in [-0.4, -0.2) is 20.9 Å². The Kier molecular flexibility index (Phi) is 5.41. The lowest BCUT2D eigenvalue weighted by Crippen LogP contribution is -2.29. The Bertz CT molecular complexity index is 607. The number of nitrogens with zero attached hydrogens (tertiary/aromatic N) is 2. The lowest BCUT2D eigenvalue weighted by atomic mass is 10.2. The smallest absolute Gasteiger partial charge is 0.320 e. The van der Waals surface area contributed by atoms with Gasteiger partial charge in [-0.1, -0.05) is 25.5 Å². The van der Waals surface area contributed by atoms with Crippen molar-refractivity contribution in [2.24, 2.45) is 0 Å². The minimum absolute atomic E-state index is 0.210. The molecule has 1 heterocycles. The summed E-state index contributed by atoms with van der Waals surface area (Å²) in [6.45, 7) is 4.60. The maximum Gasteiger partial charge on any atom is 0.320 e. The number of rotatable bonds is 6. The highest BCUT2D eigenvalue weighted by Crippen LogP contribution is 2.18. The summed E-state index contributed by atoms with van der Waals surface area (Å²) in [7, 11) is 0. The number of carbonyl (C=O) groups excluding carboxylic acids is 1. The molecule has 0 aliphatic rings. The number of phenols is 1. The van der Waals surface area contributed by atoms with E-state index in [0.29, 0.717) is 12.4 Å². The van der Waals surface area contributed by atoms with Gasteiger partial charge in [-0.15, -0.1) is 0 Å². The predicted octanol–water partition coefficient (Wildman–Crippen LogP) is 3.27. The van der Waals surface area contributed by atoms with Gasteiger partial charge in [0.25, 0.3) is 0 Å². The highest BCUT2D eigenvalue weighted by atomic mass is 16.3. The van der Waals surface area contributed by atoms with Crippen LogP contribution in [0.25, 0.3) is 0 Å². The zero-order valence-corrected chi connectivity index (χ0v) is 12.9. The van der Waals surface area contributed by atoms with Gasteiger partial charge in [0, 0.05) is 12.6 Å². The van der Waals surface area contributed by atoms with Crippen LogP contribution >= 0.6 is 0 Å². The van der Waals surface area contributed by atoms with Crippen LogP contribution in [0.1, 0.15) is 38.3 Å².